The molecule has 3 aromatic rings. The second-order valence-electron chi connectivity index (χ2n) is 4.98. The predicted octanol–water partition coefficient (Wildman–Crippen LogP) is 5.26. The number of rotatable bonds is 1. The molecule has 0 nitrogen and oxygen atoms in total. The van der Waals surface area contributed by atoms with E-state index in [1.165, 1.54) is 5.39 Å². The summed E-state index contributed by atoms with van der Waals surface area (Å²) in [7, 11) is 0. The van der Waals surface area contributed by atoms with E-state index in [0.717, 1.165) is 22.1 Å². The molecule has 19 heavy (non-hydrogen) atoms. The first-order chi connectivity index (χ1) is 9.15. The molecule has 0 aliphatic carbocycles. The Morgan fingerprint density at radius 1 is 0.737 bits per heavy atom. The van der Waals surface area contributed by atoms with Crippen LogP contribution in [0.25, 0.3) is 21.9 Å². The number of hydrogen-bond donors (Lipinski definition) is 0. The van der Waals surface area contributed by atoms with Crippen LogP contribution in [0.4, 0.5) is 4.39 Å². The first-order valence-electron chi connectivity index (χ1n) is 6.41. The fourth-order valence-corrected chi connectivity index (χ4v) is 2.36. The van der Waals surface area contributed by atoms with Crippen molar-refractivity contribution in [2.45, 2.75) is 13.8 Å². The number of hydrogen-bond acceptors (Lipinski definition) is 0. The van der Waals surface area contributed by atoms with Crippen molar-refractivity contribution >= 4 is 10.8 Å². The summed E-state index contributed by atoms with van der Waals surface area (Å²) >= 11 is 0. The minimum atomic E-state index is -0.154. The Kier molecular flexibility index (Phi) is 2.83. The lowest BCUT2D eigenvalue weighted by Crippen LogP contribution is -1.89. The monoisotopic (exact) mass is 250 g/mol. The molecule has 0 radical (unpaired) electrons. The van der Waals surface area contributed by atoms with Gasteiger partial charge in [0, 0.05) is 5.56 Å². The van der Waals surface area contributed by atoms with Gasteiger partial charge in [-0.2, -0.15) is 0 Å². The summed E-state index contributed by atoms with van der Waals surface area (Å²) in [5, 5.41) is 2.31. The van der Waals surface area contributed by atoms with Crippen LogP contribution in [0.5, 0.6) is 0 Å². The standard InChI is InChI=1S/C18H15F/c1-12-9-17(18(19)10-13(12)2)16-8-7-14-5-3-4-6-15(14)11-16/h3-11H,1-2H3. The highest BCUT2D eigenvalue weighted by molar-refractivity contribution is 5.87. The maximum absolute atomic E-state index is 14.1. The van der Waals surface area contributed by atoms with Crippen molar-refractivity contribution in [1.29, 1.82) is 0 Å². The van der Waals surface area contributed by atoms with Gasteiger partial charge < -0.3 is 0 Å². The minimum Gasteiger partial charge on any atom is -0.206 e. The van der Waals surface area contributed by atoms with Crippen molar-refractivity contribution in [3.05, 3.63) is 71.5 Å². The van der Waals surface area contributed by atoms with E-state index in [2.05, 4.69) is 12.1 Å². The number of aryl methyl sites for hydroxylation is 2. The fraction of sp³-hybridized carbons (Fsp3) is 0.111. The lowest BCUT2D eigenvalue weighted by Gasteiger charge is -2.09. The zero-order valence-electron chi connectivity index (χ0n) is 11.1. The van der Waals surface area contributed by atoms with Crippen LogP contribution in [-0.2, 0) is 0 Å². The second kappa shape index (κ2) is 4.51. The molecule has 0 aliphatic rings. The maximum atomic E-state index is 14.1. The molecule has 0 spiro atoms. The smallest absolute Gasteiger partial charge is 0.131 e. The largest absolute Gasteiger partial charge is 0.206 e. The van der Waals surface area contributed by atoms with Gasteiger partial charge in [0.15, 0.2) is 0 Å². The molecule has 0 atom stereocenters. The molecule has 0 bridgehead atoms. The fourth-order valence-electron chi connectivity index (χ4n) is 2.36. The molecule has 0 saturated carbocycles. The third-order valence-corrected chi connectivity index (χ3v) is 3.64. The molecule has 3 rings (SSSR count). The Morgan fingerprint density at radius 2 is 1.42 bits per heavy atom. The highest BCUT2D eigenvalue weighted by atomic mass is 19.1. The van der Waals surface area contributed by atoms with Crippen LogP contribution in [0.2, 0.25) is 0 Å². The highest BCUT2D eigenvalue weighted by Crippen LogP contribution is 2.28. The Morgan fingerprint density at radius 3 is 2.21 bits per heavy atom. The summed E-state index contributed by atoms with van der Waals surface area (Å²) < 4.78 is 14.1. The number of fused-ring (bicyclic) bond motifs is 1. The highest BCUT2D eigenvalue weighted by Gasteiger charge is 2.08. The molecule has 0 aliphatic heterocycles. The first kappa shape index (κ1) is 11.9. The lowest BCUT2D eigenvalue weighted by atomic mass is 9.97. The van der Waals surface area contributed by atoms with E-state index in [0.29, 0.717) is 5.56 Å². The summed E-state index contributed by atoms with van der Waals surface area (Å²) in [4.78, 5) is 0. The van der Waals surface area contributed by atoms with Crippen LogP contribution in [-0.4, -0.2) is 0 Å². The van der Waals surface area contributed by atoms with E-state index >= 15 is 0 Å². The summed E-state index contributed by atoms with van der Waals surface area (Å²) in [6.45, 7) is 3.95. The molecule has 0 saturated heterocycles. The van der Waals surface area contributed by atoms with Crippen molar-refractivity contribution in [2.75, 3.05) is 0 Å². The van der Waals surface area contributed by atoms with Crippen LogP contribution in [0.3, 0.4) is 0 Å². The van der Waals surface area contributed by atoms with Crippen LogP contribution < -0.4 is 0 Å². The SMILES string of the molecule is Cc1cc(F)c(-c2ccc3ccccc3c2)cc1C. The van der Waals surface area contributed by atoms with Gasteiger partial charge in [-0.1, -0.05) is 36.4 Å². The normalized spacial score (nSPS) is 10.9. The topological polar surface area (TPSA) is 0 Å². The van der Waals surface area contributed by atoms with E-state index in [1.807, 2.05) is 50.2 Å². The Labute approximate surface area is 112 Å². The third kappa shape index (κ3) is 2.12. The average molecular weight is 250 g/mol. The van der Waals surface area contributed by atoms with Crippen LogP contribution in [0.15, 0.2) is 54.6 Å². The molecule has 94 valence electrons. The van der Waals surface area contributed by atoms with E-state index in [4.69, 9.17) is 0 Å². The maximum Gasteiger partial charge on any atom is 0.131 e. The van der Waals surface area contributed by atoms with Crippen LogP contribution in [0, 0.1) is 19.7 Å². The molecule has 0 heterocycles. The molecule has 1 heteroatoms. The van der Waals surface area contributed by atoms with Gasteiger partial charge in [0.2, 0.25) is 0 Å². The van der Waals surface area contributed by atoms with Crippen LogP contribution >= 0.6 is 0 Å². The summed E-state index contributed by atoms with van der Waals surface area (Å²) in [5.41, 5.74) is 3.71. The Hall–Kier alpha value is -2.15. The van der Waals surface area contributed by atoms with E-state index in [1.54, 1.807) is 6.07 Å². The molecular weight excluding hydrogens is 235 g/mol. The van der Waals surface area contributed by atoms with E-state index < -0.39 is 0 Å². The summed E-state index contributed by atoms with van der Waals surface area (Å²) in [6, 6.07) is 17.7. The van der Waals surface area contributed by atoms with Crippen molar-refractivity contribution in [2.24, 2.45) is 0 Å². The molecule has 0 N–H and O–H groups in total. The van der Waals surface area contributed by atoms with Gasteiger partial charge in [-0.05, 0) is 59.5 Å². The molecule has 0 fully saturated rings. The van der Waals surface area contributed by atoms with Gasteiger partial charge in [-0.25, -0.2) is 4.39 Å². The predicted molar refractivity (Wildman–Crippen MR) is 78.8 cm³/mol. The molecule has 3 aromatic carbocycles. The average Bonchev–Trinajstić information content (AvgIpc) is 2.42. The van der Waals surface area contributed by atoms with Gasteiger partial charge in [-0.15, -0.1) is 0 Å². The van der Waals surface area contributed by atoms with E-state index in [-0.39, 0.29) is 5.82 Å². The van der Waals surface area contributed by atoms with Gasteiger partial charge in [0.25, 0.3) is 0 Å². The Balaban J connectivity index is 2.21. The van der Waals surface area contributed by atoms with Crippen molar-refractivity contribution in [3.8, 4) is 11.1 Å². The molecule has 0 amide bonds. The van der Waals surface area contributed by atoms with Gasteiger partial charge in [0.1, 0.15) is 5.82 Å². The molecular formula is C18H15F. The van der Waals surface area contributed by atoms with Gasteiger partial charge in [0.05, 0.1) is 0 Å². The second-order valence-corrected chi connectivity index (χ2v) is 4.98. The minimum absolute atomic E-state index is 0.154. The number of halogens is 1. The quantitative estimate of drug-likeness (QED) is 0.552. The summed E-state index contributed by atoms with van der Waals surface area (Å²) in [5.74, 6) is -0.154. The first-order valence-corrected chi connectivity index (χ1v) is 6.41. The molecule has 0 aromatic heterocycles. The van der Waals surface area contributed by atoms with E-state index in [9.17, 15) is 4.39 Å². The van der Waals surface area contributed by atoms with Crippen molar-refractivity contribution < 1.29 is 4.39 Å². The molecule has 0 unspecified atom stereocenters. The summed E-state index contributed by atoms with van der Waals surface area (Å²) in [6.07, 6.45) is 0. The van der Waals surface area contributed by atoms with Gasteiger partial charge in [-0.3, -0.25) is 0 Å². The van der Waals surface area contributed by atoms with Crippen molar-refractivity contribution in [1.82, 2.24) is 0 Å². The van der Waals surface area contributed by atoms with Crippen LogP contribution in [0.1, 0.15) is 11.1 Å². The van der Waals surface area contributed by atoms with Crippen molar-refractivity contribution in [3.63, 3.8) is 0 Å². The lowest BCUT2D eigenvalue weighted by molar-refractivity contribution is 0.629. The van der Waals surface area contributed by atoms with Gasteiger partial charge >= 0.3 is 0 Å². The third-order valence-electron chi connectivity index (χ3n) is 3.64. The zero-order valence-corrected chi connectivity index (χ0v) is 11.1. The zero-order chi connectivity index (χ0) is 13.4. The number of benzene rings is 3. The Bertz CT molecular complexity index is 757.